The van der Waals surface area contributed by atoms with E-state index in [2.05, 4.69) is 4.98 Å². The monoisotopic (exact) mass is 229 g/mol. The van der Waals surface area contributed by atoms with E-state index >= 15 is 0 Å². The number of aliphatic hydroxyl groups is 1. The standard InChI is InChI=1S/C10H15NO3S/c1-10(2,3)14-9(13)4-8-11-5-7(6-12)15-8/h5,12H,4,6H2,1-3H3. The molecule has 15 heavy (non-hydrogen) atoms. The molecule has 0 amide bonds. The van der Waals surface area contributed by atoms with Crippen LogP contribution in [0.5, 0.6) is 0 Å². The topological polar surface area (TPSA) is 59.4 Å². The fourth-order valence-corrected chi connectivity index (χ4v) is 1.77. The van der Waals surface area contributed by atoms with Crippen LogP contribution in [0.2, 0.25) is 0 Å². The largest absolute Gasteiger partial charge is 0.460 e. The van der Waals surface area contributed by atoms with E-state index in [0.717, 1.165) is 4.88 Å². The highest BCUT2D eigenvalue weighted by Crippen LogP contribution is 2.15. The quantitative estimate of drug-likeness (QED) is 0.798. The van der Waals surface area contributed by atoms with Crippen molar-refractivity contribution >= 4 is 17.3 Å². The van der Waals surface area contributed by atoms with E-state index in [4.69, 9.17) is 9.84 Å². The SMILES string of the molecule is CC(C)(C)OC(=O)Cc1ncc(CO)s1. The second-order valence-corrected chi connectivity index (χ2v) is 5.34. The van der Waals surface area contributed by atoms with Crippen molar-refractivity contribution in [3.05, 3.63) is 16.1 Å². The summed E-state index contributed by atoms with van der Waals surface area (Å²) in [7, 11) is 0. The third-order valence-corrected chi connectivity index (χ3v) is 2.45. The Kier molecular flexibility index (Phi) is 3.82. The van der Waals surface area contributed by atoms with Gasteiger partial charge >= 0.3 is 5.97 Å². The van der Waals surface area contributed by atoms with E-state index in [1.54, 1.807) is 6.20 Å². The van der Waals surface area contributed by atoms with E-state index in [-0.39, 0.29) is 19.0 Å². The lowest BCUT2D eigenvalue weighted by atomic mass is 10.2. The summed E-state index contributed by atoms with van der Waals surface area (Å²) in [5.41, 5.74) is -0.464. The number of hydrogen-bond donors (Lipinski definition) is 1. The third kappa shape index (κ3) is 4.40. The summed E-state index contributed by atoms with van der Waals surface area (Å²) >= 11 is 1.33. The minimum Gasteiger partial charge on any atom is -0.460 e. The minimum absolute atomic E-state index is 0.0357. The second kappa shape index (κ2) is 4.72. The predicted octanol–water partition coefficient (Wildman–Crippen LogP) is 1.52. The maximum atomic E-state index is 11.4. The molecule has 0 radical (unpaired) electrons. The highest BCUT2D eigenvalue weighted by molar-refractivity contribution is 7.11. The molecule has 0 saturated heterocycles. The van der Waals surface area contributed by atoms with Gasteiger partial charge in [-0.05, 0) is 20.8 Å². The molecule has 0 aliphatic heterocycles. The molecule has 0 fully saturated rings. The fraction of sp³-hybridized carbons (Fsp3) is 0.600. The molecule has 0 aromatic carbocycles. The van der Waals surface area contributed by atoms with Crippen LogP contribution >= 0.6 is 11.3 Å². The first-order valence-electron chi connectivity index (χ1n) is 4.67. The zero-order valence-corrected chi connectivity index (χ0v) is 9.93. The first-order valence-corrected chi connectivity index (χ1v) is 5.48. The summed E-state index contributed by atoms with van der Waals surface area (Å²) in [4.78, 5) is 16.2. The zero-order valence-electron chi connectivity index (χ0n) is 9.11. The normalized spacial score (nSPS) is 11.5. The van der Waals surface area contributed by atoms with Gasteiger partial charge in [-0.1, -0.05) is 0 Å². The molecule has 0 saturated carbocycles. The van der Waals surface area contributed by atoms with Gasteiger partial charge in [-0.2, -0.15) is 0 Å². The Morgan fingerprint density at radius 3 is 2.73 bits per heavy atom. The molecular formula is C10H15NO3S. The van der Waals surface area contributed by atoms with Gasteiger partial charge in [0.2, 0.25) is 0 Å². The summed E-state index contributed by atoms with van der Waals surface area (Å²) in [5.74, 6) is -0.290. The van der Waals surface area contributed by atoms with Gasteiger partial charge in [0.05, 0.1) is 17.9 Å². The average molecular weight is 229 g/mol. The van der Waals surface area contributed by atoms with Crippen molar-refractivity contribution in [1.82, 2.24) is 4.98 Å². The number of rotatable bonds is 3. The van der Waals surface area contributed by atoms with Crippen LogP contribution in [-0.4, -0.2) is 21.7 Å². The molecule has 84 valence electrons. The van der Waals surface area contributed by atoms with Crippen molar-refractivity contribution in [2.24, 2.45) is 0 Å². The number of hydrogen-bond acceptors (Lipinski definition) is 5. The molecule has 1 rings (SSSR count). The van der Waals surface area contributed by atoms with Crippen LogP contribution in [-0.2, 0) is 22.6 Å². The highest BCUT2D eigenvalue weighted by Gasteiger charge is 2.17. The van der Waals surface area contributed by atoms with Crippen LogP contribution in [0.4, 0.5) is 0 Å². The van der Waals surface area contributed by atoms with Crippen LogP contribution in [0.25, 0.3) is 0 Å². The summed E-state index contributed by atoms with van der Waals surface area (Å²) in [6.45, 7) is 5.44. The molecule has 0 atom stereocenters. The van der Waals surface area contributed by atoms with Crippen molar-refractivity contribution in [1.29, 1.82) is 0 Å². The number of carbonyl (C=O) groups is 1. The Balaban J connectivity index is 2.51. The lowest BCUT2D eigenvalue weighted by Gasteiger charge is -2.18. The van der Waals surface area contributed by atoms with Crippen LogP contribution < -0.4 is 0 Å². The molecule has 0 spiro atoms. The molecule has 4 nitrogen and oxygen atoms in total. The number of esters is 1. The van der Waals surface area contributed by atoms with Crippen molar-refractivity contribution < 1.29 is 14.6 Å². The molecule has 1 heterocycles. The number of ether oxygens (including phenoxy) is 1. The second-order valence-electron chi connectivity index (χ2n) is 4.14. The number of nitrogens with zero attached hydrogens (tertiary/aromatic N) is 1. The maximum Gasteiger partial charge on any atom is 0.313 e. The van der Waals surface area contributed by atoms with Gasteiger partial charge in [0, 0.05) is 6.20 Å². The fourth-order valence-electron chi connectivity index (χ4n) is 1.00. The molecule has 1 N–H and O–H groups in total. The number of aromatic nitrogens is 1. The molecule has 0 bridgehead atoms. The molecule has 5 heteroatoms. The van der Waals surface area contributed by atoms with Gasteiger partial charge in [0.1, 0.15) is 10.6 Å². The molecule has 1 aromatic heterocycles. The van der Waals surface area contributed by atoms with E-state index in [9.17, 15) is 4.79 Å². The minimum atomic E-state index is -0.464. The van der Waals surface area contributed by atoms with E-state index in [1.165, 1.54) is 11.3 Å². The first kappa shape index (κ1) is 12.1. The van der Waals surface area contributed by atoms with Crippen LogP contribution in [0.1, 0.15) is 30.7 Å². The molecule has 0 aliphatic carbocycles. The van der Waals surface area contributed by atoms with Crippen molar-refractivity contribution in [3.8, 4) is 0 Å². The summed E-state index contributed by atoms with van der Waals surface area (Å²) in [6.07, 6.45) is 1.74. The third-order valence-electron chi connectivity index (χ3n) is 1.47. The lowest BCUT2D eigenvalue weighted by molar-refractivity contribution is -0.153. The Bertz CT molecular complexity index is 341. The highest BCUT2D eigenvalue weighted by atomic mass is 32.1. The molecule has 0 aliphatic rings. The van der Waals surface area contributed by atoms with Gasteiger partial charge in [0.15, 0.2) is 0 Å². The zero-order chi connectivity index (χ0) is 11.5. The summed E-state index contributed by atoms with van der Waals surface area (Å²) < 4.78 is 5.15. The van der Waals surface area contributed by atoms with Gasteiger partial charge in [-0.3, -0.25) is 4.79 Å². The first-order chi connectivity index (χ1) is 6.90. The maximum absolute atomic E-state index is 11.4. The van der Waals surface area contributed by atoms with Crippen LogP contribution in [0.3, 0.4) is 0 Å². The van der Waals surface area contributed by atoms with Gasteiger partial charge in [-0.25, -0.2) is 4.98 Å². The Labute approximate surface area is 92.9 Å². The molecule has 1 aromatic rings. The number of carbonyl (C=O) groups excluding carboxylic acids is 1. The Hall–Kier alpha value is -0.940. The smallest absolute Gasteiger partial charge is 0.313 e. The Morgan fingerprint density at radius 1 is 1.60 bits per heavy atom. The Morgan fingerprint density at radius 2 is 2.27 bits per heavy atom. The van der Waals surface area contributed by atoms with E-state index in [1.807, 2.05) is 20.8 Å². The predicted molar refractivity (Wildman–Crippen MR) is 57.6 cm³/mol. The average Bonchev–Trinajstić information content (AvgIpc) is 2.48. The van der Waals surface area contributed by atoms with E-state index in [0.29, 0.717) is 5.01 Å². The van der Waals surface area contributed by atoms with Crippen molar-refractivity contribution in [2.45, 2.75) is 39.4 Å². The van der Waals surface area contributed by atoms with Crippen molar-refractivity contribution in [3.63, 3.8) is 0 Å². The van der Waals surface area contributed by atoms with E-state index < -0.39 is 5.60 Å². The number of aliphatic hydroxyl groups excluding tert-OH is 1. The van der Waals surface area contributed by atoms with Crippen LogP contribution in [0.15, 0.2) is 6.20 Å². The summed E-state index contributed by atoms with van der Waals surface area (Å²) in [6, 6.07) is 0. The van der Waals surface area contributed by atoms with Gasteiger partial charge < -0.3 is 9.84 Å². The van der Waals surface area contributed by atoms with Crippen molar-refractivity contribution in [2.75, 3.05) is 0 Å². The molecule has 0 unspecified atom stereocenters. The number of thiazole rings is 1. The van der Waals surface area contributed by atoms with Gasteiger partial charge in [0.25, 0.3) is 0 Å². The van der Waals surface area contributed by atoms with Gasteiger partial charge in [-0.15, -0.1) is 11.3 Å². The van der Waals surface area contributed by atoms with Crippen LogP contribution in [0, 0.1) is 0 Å². The molecular weight excluding hydrogens is 214 g/mol. The summed E-state index contributed by atoms with van der Waals surface area (Å²) in [5, 5.41) is 9.50. The lowest BCUT2D eigenvalue weighted by Crippen LogP contribution is -2.24.